The second-order valence-corrected chi connectivity index (χ2v) is 7.87. The van der Waals surface area contributed by atoms with Gasteiger partial charge in [0.2, 0.25) is 0 Å². The zero-order valence-corrected chi connectivity index (χ0v) is 15.3. The van der Waals surface area contributed by atoms with E-state index >= 15 is 0 Å². The summed E-state index contributed by atoms with van der Waals surface area (Å²) in [7, 11) is 4.29. The molecule has 1 radical (unpaired) electrons. The molecule has 0 saturated carbocycles. The molecule has 0 N–H and O–H groups in total. The van der Waals surface area contributed by atoms with Crippen LogP contribution >= 0.6 is 0 Å². The van der Waals surface area contributed by atoms with Crippen molar-refractivity contribution in [3.8, 4) is 0 Å². The summed E-state index contributed by atoms with van der Waals surface area (Å²) in [6, 6.07) is 0. The molecule has 0 heterocycles. The molecule has 0 saturated heterocycles. The van der Waals surface area contributed by atoms with Crippen LogP contribution in [-0.4, -0.2) is 25.5 Å². The summed E-state index contributed by atoms with van der Waals surface area (Å²) >= 11 is 0. The Kier molecular flexibility index (Phi) is 12.6. The van der Waals surface area contributed by atoms with Crippen LogP contribution in [0.2, 0.25) is 0 Å². The molecule has 0 bridgehead atoms. The Morgan fingerprint density at radius 1 is 0.882 bits per heavy atom. The van der Waals surface area contributed by atoms with Crippen LogP contribution < -0.4 is 0 Å². The fourth-order valence-electron chi connectivity index (χ4n) is 2.35. The van der Waals surface area contributed by atoms with Crippen molar-refractivity contribution in [2.75, 3.05) is 20.6 Å². The van der Waals surface area contributed by atoms with Gasteiger partial charge in [-0.05, 0) is 37.3 Å². The molecule has 0 amide bonds. The van der Waals surface area contributed by atoms with Crippen molar-refractivity contribution in [1.29, 1.82) is 0 Å². The Hall–Kier alpha value is 0.544. The zero-order valence-electron chi connectivity index (χ0n) is 13.9. The second kappa shape index (κ2) is 9.47. The molecule has 0 unspecified atom stereocenters. The van der Waals surface area contributed by atoms with Crippen LogP contribution in [0, 0.1) is 16.7 Å². The maximum absolute atomic E-state index is 2.35. The van der Waals surface area contributed by atoms with E-state index in [9.17, 15) is 0 Å². The van der Waals surface area contributed by atoms with Crippen molar-refractivity contribution in [3.05, 3.63) is 0 Å². The van der Waals surface area contributed by atoms with Gasteiger partial charge < -0.3 is 4.90 Å². The van der Waals surface area contributed by atoms with Gasteiger partial charge in [-0.1, -0.05) is 55.4 Å². The third-order valence-corrected chi connectivity index (χ3v) is 1.75. The molecule has 1 nitrogen and oxygen atoms in total. The first-order chi connectivity index (χ1) is 6.86. The van der Waals surface area contributed by atoms with E-state index in [0.29, 0.717) is 10.8 Å². The molecule has 0 atom stereocenters. The number of hydrogen-bond donors (Lipinski definition) is 0. The molecule has 0 aromatic heterocycles. The van der Waals surface area contributed by atoms with Crippen LogP contribution in [0.3, 0.4) is 0 Å². The van der Waals surface area contributed by atoms with Crippen molar-refractivity contribution >= 4 is 0 Å². The van der Waals surface area contributed by atoms with Crippen LogP contribution in [0.25, 0.3) is 0 Å². The third-order valence-electron chi connectivity index (χ3n) is 1.75. The number of hydrogen-bond acceptors (Lipinski definition) is 1. The van der Waals surface area contributed by atoms with Crippen LogP contribution in [0.15, 0.2) is 0 Å². The molecule has 2 heteroatoms. The first-order valence-corrected chi connectivity index (χ1v) is 6.50. The summed E-state index contributed by atoms with van der Waals surface area (Å²) in [4.78, 5) is 2.27. The molecule has 17 heavy (non-hydrogen) atoms. The van der Waals surface area contributed by atoms with Crippen molar-refractivity contribution in [2.24, 2.45) is 16.7 Å². The summed E-state index contributed by atoms with van der Waals surface area (Å²) in [6.45, 7) is 19.3. The average Bonchev–Trinajstić information content (AvgIpc) is 1.72. The topological polar surface area (TPSA) is 3.24 Å². The average molecular weight is 280 g/mol. The van der Waals surface area contributed by atoms with Crippen molar-refractivity contribution in [1.82, 2.24) is 4.90 Å². The molecule has 105 valence electrons. The van der Waals surface area contributed by atoms with E-state index in [-0.39, 0.29) is 18.6 Å². The Bertz CT molecular complexity index is 163. The summed E-state index contributed by atoms with van der Waals surface area (Å²) in [5.74, 6) is 0.833. The van der Waals surface area contributed by atoms with Crippen LogP contribution in [0.1, 0.15) is 61.8 Å². The van der Waals surface area contributed by atoms with E-state index in [1.165, 1.54) is 13.0 Å². The van der Waals surface area contributed by atoms with Crippen LogP contribution in [0.5, 0.6) is 0 Å². The number of rotatable bonds is 3. The molecule has 0 aliphatic rings. The zero-order chi connectivity index (χ0) is 13.6. The normalized spacial score (nSPS) is 12.0. The van der Waals surface area contributed by atoms with Crippen LogP contribution in [0.4, 0.5) is 0 Å². The molecule has 0 aromatic rings. The van der Waals surface area contributed by atoms with Gasteiger partial charge in [-0.3, -0.25) is 0 Å². The maximum atomic E-state index is 2.35. The summed E-state index contributed by atoms with van der Waals surface area (Å²) in [6.07, 6.45) is 1.28. The van der Waals surface area contributed by atoms with Gasteiger partial charge in [0.05, 0.1) is 0 Å². The van der Waals surface area contributed by atoms with Gasteiger partial charge in [0.25, 0.3) is 0 Å². The van der Waals surface area contributed by atoms with E-state index < -0.39 is 0 Å². The SMILES string of the molecule is CC(C)C.CN(C)CC(C)(C)CC(C)(C)C.[V]. The van der Waals surface area contributed by atoms with Crippen molar-refractivity contribution in [3.63, 3.8) is 0 Å². The van der Waals surface area contributed by atoms with Gasteiger partial charge in [-0.25, -0.2) is 0 Å². The summed E-state index contributed by atoms with van der Waals surface area (Å²) < 4.78 is 0. The fourth-order valence-corrected chi connectivity index (χ4v) is 2.35. The van der Waals surface area contributed by atoms with Gasteiger partial charge >= 0.3 is 0 Å². The molecular weight excluding hydrogens is 245 g/mol. The molecule has 0 aliphatic heterocycles. The predicted octanol–water partition coefficient (Wildman–Crippen LogP) is 4.67. The minimum Gasteiger partial charge on any atom is -0.309 e. The monoisotopic (exact) mass is 280 g/mol. The molecule has 0 aliphatic carbocycles. The van der Waals surface area contributed by atoms with E-state index in [1.54, 1.807) is 0 Å². The minimum atomic E-state index is 0. The Morgan fingerprint density at radius 2 is 1.18 bits per heavy atom. The van der Waals surface area contributed by atoms with E-state index in [2.05, 4.69) is 74.4 Å². The summed E-state index contributed by atoms with van der Waals surface area (Å²) in [5.41, 5.74) is 0.876. The Labute approximate surface area is 123 Å². The third kappa shape index (κ3) is 26.3. The smallest absolute Gasteiger partial charge is 0.00268 e. The second-order valence-electron chi connectivity index (χ2n) is 7.87. The summed E-state index contributed by atoms with van der Waals surface area (Å²) in [5, 5.41) is 0. The van der Waals surface area contributed by atoms with E-state index in [1.807, 2.05) is 0 Å². The van der Waals surface area contributed by atoms with Gasteiger partial charge in [0.15, 0.2) is 0 Å². The molecule has 0 aromatic carbocycles. The standard InChI is InChI=1S/C11H25N.C4H10.V/c1-10(2,3)8-11(4,5)9-12(6)7;1-4(2)3;/h8-9H2,1-7H3;4H,1-3H3;. The molecular formula is C15H35NV. The molecule has 0 spiro atoms. The first kappa shape index (κ1) is 22.7. The Morgan fingerprint density at radius 3 is 1.35 bits per heavy atom. The molecule has 0 fully saturated rings. The predicted molar refractivity (Wildman–Crippen MR) is 76.9 cm³/mol. The minimum absolute atomic E-state index is 0. The molecule has 0 rings (SSSR count). The number of nitrogens with zero attached hydrogens (tertiary/aromatic N) is 1. The van der Waals surface area contributed by atoms with Crippen molar-refractivity contribution in [2.45, 2.75) is 61.8 Å². The largest absolute Gasteiger partial charge is 0.309 e. The quantitative estimate of drug-likeness (QED) is 0.726. The fraction of sp³-hybridized carbons (Fsp3) is 1.00. The maximum Gasteiger partial charge on any atom is 0.00268 e. The first-order valence-electron chi connectivity index (χ1n) is 6.50. The van der Waals surface area contributed by atoms with Gasteiger partial charge in [-0.15, -0.1) is 0 Å². The Balaban J connectivity index is -0.000000340. The van der Waals surface area contributed by atoms with Gasteiger partial charge in [-0.2, -0.15) is 0 Å². The van der Waals surface area contributed by atoms with Crippen molar-refractivity contribution < 1.29 is 18.6 Å². The van der Waals surface area contributed by atoms with Gasteiger partial charge in [0, 0.05) is 25.1 Å². The van der Waals surface area contributed by atoms with Crippen LogP contribution in [-0.2, 0) is 18.6 Å². The van der Waals surface area contributed by atoms with E-state index in [0.717, 1.165) is 5.92 Å². The van der Waals surface area contributed by atoms with Gasteiger partial charge in [0.1, 0.15) is 0 Å². The van der Waals surface area contributed by atoms with E-state index in [4.69, 9.17) is 0 Å².